The van der Waals surface area contributed by atoms with Gasteiger partial charge < -0.3 is 23.8 Å². The molecule has 27 heavy (non-hydrogen) atoms. The molecular weight excluding hydrogens is 348 g/mol. The van der Waals surface area contributed by atoms with Crippen molar-refractivity contribution in [2.45, 2.75) is 71.9 Å². The molecule has 0 N–H and O–H groups in total. The van der Waals surface area contributed by atoms with Crippen molar-refractivity contribution in [3.8, 4) is 11.6 Å². The second-order valence-corrected chi connectivity index (χ2v) is 7.86. The molecule has 1 fully saturated rings. The predicted octanol–water partition coefficient (Wildman–Crippen LogP) is 3.66. The molecular formula is C20H32N2O5. The number of nitrogens with zero attached hydrogens (tertiary/aromatic N) is 2. The number of amides is 1. The Balaban J connectivity index is 1.98. The van der Waals surface area contributed by atoms with Crippen molar-refractivity contribution in [1.82, 2.24) is 9.88 Å². The van der Waals surface area contributed by atoms with E-state index in [4.69, 9.17) is 18.9 Å². The Morgan fingerprint density at radius 2 is 2.04 bits per heavy atom. The van der Waals surface area contributed by atoms with Crippen molar-refractivity contribution in [2.24, 2.45) is 0 Å². The minimum Gasteiger partial charge on any atom is -0.489 e. The topological polar surface area (TPSA) is 70.1 Å². The first-order valence-corrected chi connectivity index (χ1v) is 9.57. The van der Waals surface area contributed by atoms with Crippen LogP contribution in [0.25, 0.3) is 0 Å². The normalized spacial score (nSPS) is 20.5. The zero-order valence-corrected chi connectivity index (χ0v) is 17.2. The quantitative estimate of drug-likeness (QED) is 0.750. The Bertz CT molecular complexity index is 597. The molecule has 2 atom stereocenters. The van der Waals surface area contributed by atoms with Gasteiger partial charge in [0, 0.05) is 25.6 Å². The largest absolute Gasteiger partial charge is 0.489 e. The number of hydrogen-bond donors (Lipinski definition) is 0. The van der Waals surface area contributed by atoms with Gasteiger partial charge in [-0.05, 0) is 47.6 Å². The molecule has 0 radical (unpaired) electrons. The lowest BCUT2D eigenvalue weighted by atomic mass is 10.0. The molecule has 1 aliphatic rings. The number of piperidine rings is 1. The summed E-state index contributed by atoms with van der Waals surface area (Å²) in [6.45, 7) is 13.0. The van der Waals surface area contributed by atoms with E-state index in [1.54, 1.807) is 17.2 Å². The molecule has 1 aromatic heterocycles. The molecule has 1 amide bonds. The molecule has 2 heterocycles. The van der Waals surface area contributed by atoms with E-state index in [0.29, 0.717) is 37.7 Å². The molecule has 0 bridgehead atoms. The monoisotopic (exact) mass is 380 g/mol. The number of ether oxygens (including phenoxy) is 4. The van der Waals surface area contributed by atoms with Gasteiger partial charge in [0.1, 0.15) is 23.6 Å². The zero-order valence-electron chi connectivity index (χ0n) is 17.2. The third-order valence-electron chi connectivity index (χ3n) is 3.88. The number of aromatic nitrogens is 1. The fourth-order valence-corrected chi connectivity index (χ4v) is 2.83. The highest BCUT2D eigenvalue weighted by atomic mass is 16.6. The fourth-order valence-electron chi connectivity index (χ4n) is 2.83. The van der Waals surface area contributed by atoms with Crippen LogP contribution in [0, 0.1) is 0 Å². The maximum Gasteiger partial charge on any atom is 0.410 e. The van der Waals surface area contributed by atoms with Crippen LogP contribution in [-0.2, 0) is 9.47 Å². The van der Waals surface area contributed by atoms with Gasteiger partial charge in [-0.2, -0.15) is 0 Å². The van der Waals surface area contributed by atoms with Crippen LogP contribution in [0.1, 0.15) is 48.0 Å². The Labute approximate surface area is 161 Å². The standard InChI is InChI=1S/C20H32N2O5/c1-7-24-17-13-22(19(23)27-20(4,5)6)11-10-16(17)26-18-9-8-15(12-21-18)25-14(2)3/h8-9,12,14,16-17H,7,10-11,13H2,1-6H3/t16-,17-/m1/s1. The minimum atomic E-state index is -0.519. The Hall–Kier alpha value is -2.02. The molecule has 2 rings (SSSR count). The Kier molecular flexibility index (Phi) is 7.30. The van der Waals surface area contributed by atoms with Crippen molar-refractivity contribution in [3.63, 3.8) is 0 Å². The Morgan fingerprint density at radius 3 is 2.59 bits per heavy atom. The minimum absolute atomic E-state index is 0.0954. The van der Waals surface area contributed by atoms with Gasteiger partial charge in [0.25, 0.3) is 0 Å². The molecule has 0 spiro atoms. The number of carbonyl (C=O) groups is 1. The second-order valence-electron chi connectivity index (χ2n) is 7.86. The van der Waals surface area contributed by atoms with E-state index in [9.17, 15) is 4.79 Å². The van der Waals surface area contributed by atoms with Gasteiger partial charge in [-0.3, -0.25) is 0 Å². The number of rotatable bonds is 6. The summed E-state index contributed by atoms with van der Waals surface area (Å²) in [4.78, 5) is 18.3. The van der Waals surface area contributed by atoms with Crippen LogP contribution < -0.4 is 9.47 Å². The van der Waals surface area contributed by atoms with Crippen molar-refractivity contribution in [3.05, 3.63) is 18.3 Å². The average Bonchev–Trinajstić information content (AvgIpc) is 2.56. The fraction of sp³-hybridized carbons (Fsp3) is 0.700. The van der Waals surface area contributed by atoms with Crippen molar-refractivity contribution < 1.29 is 23.7 Å². The second kappa shape index (κ2) is 9.26. The van der Waals surface area contributed by atoms with Gasteiger partial charge in [0.05, 0.1) is 18.8 Å². The summed E-state index contributed by atoms with van der Waals surface area (Å²) in [7, 11) is 0. The van der Waals surface area contributed by atoms with Gasteiger partial charge in [-0.25, -0.2) is 9.78 Å². The van der Waals surface area contributed by atoms with Crippen LogP contribution in [0.15, 0.2) is 18.3 Å². The van der Waals surface area contributed by atoms with E-state index in [0.717, 1.165) is 0 Å². The van der Waals surface area contributed by atoms with Gasteiger partial charge in [-0.15, -0.1) is 0 Å². The van der Waals surface area contributed by atoms with Crippen LogP contribution in [0.4, 0.5) is 4.79 Å². The first kappa shape index (κ1) is 21.3. The van der Waals surface area contributed by atoms with Crippen molar-refractivity contribution in [2.75, 3.05) is 19.7 Å². The maximum absolute atomic E-state index is 12.3. The average molecular weight is 380 g/mol. The lowest BCUT2D eigenvalue weighted by molar-refractivity contribution is -0.0700. The number of likely N-dealkylation sites (tertiary alicyclic amines) is 1. The summed E-state index contributed by atoms with van der Waals surface area (Å²) in [6.07, 6.45) is 1.67. The summed E-state index contributed by atoms with van der Waals surface area (Å²) in [5.74, 6) is 1.23. The molecule has 152 valence electrons. The van der Waals surface area contributed by atoms with E-state index in [1.807, 2.05) is 47.6 Å². The van der Waals surface area contributed by atoms with Crippen molar-refractivity contribution in [1.29, 1.82) is 0 Å². The molecule has 0 aliphatic carbocycles. The van der Waals surface area contributed by atoms with E-state index in [2.05, 4.69) is 4.98 Å². The van der Waals surface area contributed by atoms with Crippen LogP contribution in [0.3, 0.4) is 0 Å². The van der Waals surface area contributed by atoms with Crippen LogP contribution >= 0.6 is 0 Å². The van der Waals surface area contributed by atoms with Crippen molar-refractivity contribution >= 4 is 6.09 Å². The highest BCUT2D eigenvalue weighted by Gasteiger charge is 2.35. The third kappa shape index (κ3) is 6.90. The summed E-state index contributed by atoms with van der Waals surface area (Å²) in [5, 5.41) is 0. The first-order chi connectivity index (χ1) is 12.7. The summed E-state index contributed by atoms with van der Waals surface area (Å²) >= 11 is 0. The van der Waals surface area contributed by atoms with Crippen LogP contribution in [-0.4, -0.2) is 59.6 Å². The Morgan fingerprint density at radius 1 is 1.30 bits per heavy atom. The smallest absolute Gasteiger partial charge is 0.410 e. The molecule has 1 aromatic rings. The molecule has 0 saturated carbocycles. The molecule has 0 aromatic carbocycles. The van der Waals surface area contributed by atoms with Gasteiger partial charge in [-0.1, -0.05) is 0 Å². The highest BCUT2D eigenvalue weighted by molar-refractivity contribution is 5.68. The lowest BCUT2D eigenvalue weighted by Gasteiger charge is -2.38. The van der Waals surface area contributed by atoms with E-state index < -0.39 is 5.60 Å². The molecule has 7 nitrogen and oxygen atoms in total. The number of hydrogen-bond acceptors (Lipinski definition) is 6. The highest BCUT2D eigenvalue weighted by Crippen LogP contribution is 2.23. The van der Waals surface area contributed by atoms with Crippen LogP contribution in [0.2, 0.25) is 0 Å². The first-order valence-electron chi connectivity index (χ1n) is 9.57. The summed E-state index contributed by atoms with van der Waals surface area (Å²) in [5.41, 5.74) is -0.519. The maximum atomic E-state index is 12.3. The SMILES string of the molecule is CCO[C@@H]1CN(C(=O)OC(C)(C)C)CC[C@H]1Oc1ccc(OC(C)C)cn1. The lowest BCUT2D eigenvalue weighted by Crippen LogP contribution is -2.53. The van der Waals surface area contributed by atoms with Gasteiger partial charge in [0.2, 0.25) is 5.88 Å². The molecule has 1 aliphatic heterocycles. The summed E-state index contributed by atoms with van der Waals surface area (Å²) in [6, 6.07) is 3.63. The molecule has 7 heteroatoms. The zero-order chi connectivity index (χ0) is 20.0. The van der Waals surface area contributed by atoms with E-state index in [-0.39, 0.29) is 24.4 Å². The third-order valence-corrected chi connectivity index (χ3v) is 3.88. The summed E-state index contributed by atoms with van der Waals surface area (Å²) < 4.78 is 22.9. The van der Waals surface area contributed by atoms with Crippen LogP contribution in [0.5, 0.6) is 11.6 Å². The number of pyridine rings is 1. The predicted molar refractivity (Wildman–Crippen MR) is 102 cm³/mol. The number of carbonyl (C=O) groups excluding carboxylic acids is 1. The van der Waals surface area contributed by atoms with Gasteiger partial charge in [0.15, 0.2) is 0 Å². The van der Waals surface area contributed by atoms with E-state index >= 15 is 0 Å². The molecule has 1 saturated heterocycles. The molecule has 0 unspecified atom stereocenters. The van der Waals surface area contributed by atoms with E-state index in [1.165, 1.54) is 0 Å². The van der Waals surface area contributed by atoms with Gasteiger partial charge >= 0.3 is 6.09 Å².